The van der Waals surface area contributed by atoms with Crippen molar-refractivity contribution in [1.29, 1.82) is 5.26 Å². The number of hydrogen-bond donors (Lipinski definition) is 5. The van der Waals surface area contributed by atoms with Crippen LogP contribution in [0.25, 0.3) is 22.3 Å². The van der Waals surface area contributed by atoms with Crippen LogP contribution in [0.5, 0.6) is 0 Å². The molecule has 1 saturated heterocycles. The van der Waals surface area contributed by atoms with Crippen molar-refractivity contribution in [3.05, 3.63) is 31.0 Å². The first-order valence-corrected chi connectivity index (χ1v) is 11.6. The second kappa shape index (κ2) is 9.23. The van der Waals surface area contributed by atoms with E-state index in [0.29, 0.717) is 42.6 Å². The fourth-order valence-electron chi connectivity index (χ4n) is 5.27. The van der Waals surface area contributed by atoms with E-state index in [2.05, 4.69) is 26.1 Å². The SMILES string of the molecule is N#CCC(n1cc(-c2ncnc3[nH]ccc23)cn1)C1(OC2(C(=O)O)OCC(O)C(O)C2O)CCCC1. The monoisotopic (exact) mass is 498 g/mol. The maximum atomic E-state index is 12.4. The van der Waals surface area contributed by atoms with E-state index in [4.69, 9.17) is 9.47 Å². The molecule has 0 radical (unpaired) electrons. The van der Waals surface area contributed by atoms with E-state index in [1.807, 2.05) is 6.07 Å². The minimum Gasteiger partial charge on any atom is -0.477 e. The Labute approximate surface area is 204 Å². The van der Waals surface area contributed by atoms with Crippen molar-refractivity contribution >= 4 is 17.0 Å². The summed E-state index contributed by atoms with van der Waals surface area (Å²) in [6.07, 6.45) is 3.20. The van der Waals surface area contributed by atoms with E-state index in [1.54, 1.807) is 23.3 Å². The number of nitriles is 1. The molecule has 5 N–H and O–H groups in total. The summed E-state index contributed by atoms with van der Waals surface area (Å²) in [7, 11) is 0. The molecular weight excluding hydrogens is 472 g/mol. The van der Waals surface area contributed by atoms with Gasteiger partial charge in [-0.15, -0.1) is 0 Å². The topological polar surface area (TPSA) is 200 Å². The van der Waals surface area contributed by atoms with E-state index < -0.39 is 48.3 Å². The first kappa shape index (κ1) is 24.3. The van der Waals surface area contributed by atoms with Gasteiger partial charge in [0.15, 0.2) is 0 Å². The number of nitrogens with one attached hydrogen (secondary N) is 1. The highest BCUT2D eigenvalue weighted by atomic mass is 16.7. The molecule has 2 fully saturated rings. The van der Waals surface area contributed by atoms with Gasteiger partial charge in [-0.25, -0.2) is 14.8 Å². The van der Waals surface area contributed by atoms with Crippen molar-refractivity contribution in [2.75, 3.05) is 6.61 Å². The largest absolute Gasteiger partial charge is 0.477 e. The van der Waals surface area contributed by atoms with Gasteiger partial charge in [-0.1, -0.05) is 12.8 Å². The molecule has 13 nitrogen and oxygen atoms in total. The summed E-state index contributed by atoms with van der Waals surface area (Å²) in [6.45, 7) is -0.546. The average Bonchev–Trinajstić information content (AvgIpc) is 3.64. The zero-order valence-electron chi connectivity index (χ0n) is 19.2. The molecule has 3 aromatic heterocycles. The quantitative estimate of drug-likeness (QED) is 0.304. The molecule has 3 aromatic rings. The lowest BCUT2D eigenvalue weighted by Crippen LogP contribution is -2.68. The number of aromatic amines is 1. The molecule has 0 aromatic carbocycles. The lowest BCUT2D eigenvalue weighted by molar-refractivity contribution is -0.359. The molecule has 2 aliphatic rings. The third-order valence-corrected chi connectivity index (χ3v) is 7.12. The van der Waals surface area contributed by atoms with Crippen LogP contribution < -0.4 is 0 Å². The van der Waals surface area contributed by atoms with Gasteiger partial charge in [-0.3, -0.25) is 4.68 Å². The Morgan fingerprint density at radius 3 is 2.83 bits per heavy atom. The fraction of sp³-hybridized carbons (Fsp3) is 0.522. The highest BCUT2D eigenvalue weighted by Gasteiger charge is 2.61. The van der Waals surface area contributed by atoms with Crippen LogP contribution in [0.3, 0.4) is 0 Å². The molecule has 0 spiro atoms. The molecule has 1 saturated carbocycles. The summed E-state index contributed by atoms with van der Waals surface area (Å²) in [4.78, 5) is 24.0. The van der Waals surface area contributed by atoms with E-state index in [9.17, 15) is 30.5 Å². The van der Waals surface area contributed by atoms with Crippen molar-refractivity contribution in [3.8, 4) is 17.3 Å². The van der Waals surface area contributed by atoms with Crippen LogP contribution in [-0.4, -0.2) is 87.4 Å². The molecular formula is C23H26N6O7. The average molecular weight is 498 g/mol. The Bertz CT molecular complexity index is 1300. The van der Waals surface area contributed by atoms with Gasteiger partial charge in [0, 0.05) is 23.3 Å². The zero-order chi connectivity index (χ0) is 25.5. The maximum Gasteiger partial charge on any atom is 0.367 e. The van der Waals surface area contributed by atoms with E-state index >= 15 is 0 Å². The number of hydrogen-bond acceptors (Lipinski definition) is 10. The molecule has 13 heteroatoms. The van der Waals surface area contributed by atoms with Crippen LogP contribution in [0, 0.1) is 11.3 Å². The van der Waals surface area contributed by atoms with Crippen LogP contribution in [0.4, 0.5) is 0 Å². The number of nitrogens with zero attached hydrogens (tertiary/aromatic N) is 5. The Hall–Kier alpha value is -3.41. The number of ether oxygens (including phenoxy) is 2. The van der Waals surface area contributed by atoms with Crippen LogP contribution in [0.2, 0.25) is 0 Å². The van der Waals surface area contributed by atoms with Gasteiger partial charge in [0.25, 0.3) is 5.79 Å². The van der Waals surface area contributed by atoms with Crippen molar-refractivity contribution < 1.29 is 34.7 Å². The number of fused-ring (bicyclic) bond motifs is 1. The molecule has 4 heterocycles. The van der Waals surface area contributed by atoms with Crippen LogP contribution >= 0.6 is 0 Å². The molecule has 1 aliphatic carbocycles. The first-order valence-electron chi connectivity index (χ1n) is 11.6. The van der Waals surface area contributed by atoms with E-state index in [1.165, 1.54) is 6.33 Å². The number of carbonyl (C=O) groups is 1. The summed E-state index contributed by atoms with van der Waals surface area (Å²) in [6, 6.07) is 3.24. The lowest BCUT2D eigenvalue weighted by atomic mass is 9.88. The van der Waals surface area contributed by atoms with Gasteiger partial charge in [0.2, 0.25) is 0 Å². The summed E-state index contributed by atoms with van der Waals surface area (Å²) < 4.78 is 13.1. The third-order valence-electron chi connectivity index (χ3n) is 7.12. The Morgan fingerprint density at radius 2 is 2.11 bits per heavy atom. The van der Waals surface area contributed by atoms with Crippen molar-refractivity contribution in [3.63, 3.8) is 0 Å². The van der Waals surface area contributed by atoms with Gasteiger partial charge < -0.3 is 34.9 Å². The smallest absolute Gasteiger partial charge is 0.367 e. The molecule has 36 heavy (non-hydrogen) atoms. The van der Waals surface area contributed by atoms with Crippen LogP contribution in [0.1, 0.15) is 38.1 Å². The number of aliphatic hydroxyl groups is 3. The molecule has 5 rings (SSSR count). The summed E-state index contributed by atoms with van der Waals surface area (Å²) in [5.74, 6) is -4.27. The van der Waals surface area contributed by atoms with Crippen molar-refractivity contribution in [2.45, 2.75) is 67.8 Å². The molecule has 190 valence electrons. The standard InChI is InChI=1S/C23H26N6O7/c24-7-3-16(29-10-13(9-28-29)17-14-4-8-25-20(14)27-12-26-17)22(5-1-2-6-22)36-23(21(33)34)19(32)18(31)15(30)11-35-23/h4,8-10,12,15-16,18-19,30-32H,1-3,5-6,11H2,(H,33,34)(H,25,26,27). The van der Waals surface area contributed by atoms with Gasteiger partial charge in [0.05, 0.1) is 42.6 Å². The summed E-state index contributed by atoms with van der Waals surface area (Å²) >= 11 is 0. The highest BCUT2D eigenvalue weighted by Crippen LogP contribution is 2.48. The number of carboxylic acid groups (broad SMARTS) is 1. The van der Waals surface area contributed by atoms with Gasteiger partial charge in [0.1, 0.15) is 30.3 Å². The Morgan fingerprint density at radius 1 is 1.33 bits per heavy atom. The zero-order valence-corrected chi connectivity index (χ0v) is 19.2. The number of aliphatic hydroxyl groups excluding tert-OH is 3. The normalized spacial score (nSPS) is 28.7. The van der Waals surface area contributed by atoms with E-state index in [-0.39, 0.29) is 6.42 Å². The molecule has 0 bridgehead atoms. The van der Waals surface area contributed by atoms with Crippen molar-refractivity contribution in [1.82, 2.24) is 24.7 Å². The second-order valence-corrected chi connectivity index (χ2v) is 9.21. The predicted molar refractivity (Wildman–Crippen MR) is 121 cm³/mol. The van der Waals surface area contributed by atoms with Gasteiger partial charge in [-0.05, 0) is 18.9 Å². The molecule has 0 amide bonds. The van der Waals surface area contributed by atoms with Crippen molar-refractivity contribution in [2.24, 2.45) is 0 Å². The Kier molecular flexibility index (Phi) is 6.23. The number of H-pyrrole nitrogens is 1. The van der Waals surface area contributed by atoms with Crippen LogP contribution in [0.15, 0.2) is 31.0 Å². The number of carboxylic acids is 1. The maximum absolute atomic E-state index is 12.4. The van der Waals surface area contributed by atoms with Gasteiger partial charge in [-0.2, -0.15) is 10.4 Å². The summed E-state index contributed by atoms with van der Waals surface area (Å²) in [5, 5.41) is 55.8. The number of aliphatic carboxylic acids is 1. The minimum absolute atomic E-state index is 0.0680. The molecule has 1 aliphatic heterocycles. The van der Waals surface area contributed by atoms with Crippen LogP contribution in [-0.2, 0) is 14.3 Å². The van der Waals surface area contributed by atoms with Gasteiger partial charge >= 0.3 is 5.97 Å². The lowest BCUT2D eigenvalue weighted by Gasteiger charge is -2.48. The number of aromatic nitrogens is 5. The third kappa shape index (κ3) is 3.83. The fourth-order valence-corrected chi connectivity index (χ4v) is 5.27. The molecule has 5 unspecified atom stereocenters. The first-order chi connectivity index (χ1) is 17.3. The van der Waals surface area contributed by atoms with E-state index in [0.717, 1.165) is 5.39 Å². The Balaban J connectivity index is 1.54. The predicted octanol–water partition coefficient (Wildman–Crippen LogP) is 0.499. The highest BCUT2D eigenvalue weighted by molar-refractivity contribution is 5.90. The second-order valence-electron chi connectivity index (χ2n) is 9.21. The minimum atomic E-state index is -2.63. The number of rotatable bonds is 7. The molecule has 5 atom stereocenters. The summed E-state index contributed by atoms with van der Waals surface area (Å²) in [5.41, 5.74) is 0.702.